The van der Waals surface area contributed by atoms with Gasteiger partial charge in [0.05, 0.1) is 12.2 Å². The van der Waals surface area contributed by atoms with Gasteiger partial charge in [-0.25, -0.2) is 4.79 Å². The number of hydrogen-bond acceptors (Lipinski definition) is 3. The average Bonchev–Trinajstić information content (AvgIpc) is 3.05. The first-order valence-electron chi connectivity index (χ1n) is 7.91. The Morgan fingerprint density at radius 3 is 2.48 bits per heavy atom. The van der Waals surface area contributed by atoms with Gasteiger partial charge in [-0.15, -0.1) is 0 Å². The third-order valence-corrected chi connectivity index (χ3v) is 4.79. The molecule has 0 unspecified atom stereocenters. The van der Waals surface area contributed by atoms with E-state index in [2.05, 4.69) is 4.90 Å². The molecule has 0 aromatic heterocycles. The van der Waals surface area contributed by atoms with Gasteiger partial charge in [0.15, 0.2) is 0 Å². The lowest BCUT2D eigenvalue weighted by molar-refractivity contribution is 0.0697. The highest BCUT2D eigenvalue weighted by atomic mass is 16.5. The second kappa shape index (κ2) is 6.48. The second-order valence-corrected chi connectivity index (χ2v) is 6.24. The van der Waals surface area contributed by atoms with Crippen LogP contribution in [0.4, 0.5) is 0 Å². The van der Waals surface area contributed by atoms with Crippen LogP contribution in [0.1, 0.15) is 36.0 Å². The lowest BCUT2D eigenvalue weighted by Crippen LogP contribution is -2.24. The fourth-order valence-electron chi connectivity index (χ4n) is 3.69. The third kappa shape index (κ3) is 3.56. The highest BCUT2D eigenvalue weighted by Crippen LogP contribution is 2.37. The molecule has 2 atom stereocenters. The van der Waals surface area contributed by atoms with Crippen molar-refractivity contribution in [2.45, 2.75) is 25.7 Å². The van der Waals surface area contributed by atoms with Gasteiger partial charge in [-0.3, -0.25) is 0 Å². The number of carboxylic acid groups (broad SMARTS) is 1. The zero-order chi connectivity index (χ0) is 14.7. The molecule has 0 amide bonds. The molecule has 0 spiro atoms. The first kappa shape index (κ1) is 14.4. The molecule has 1 aliphatic heterocycles. The van der Waals surface area contributed by atoms with E-state index in [-0.39, 0.29) is 0 Å². The molecule has 4 nitrogen and oxygen atoms in total. The molecule has 4 heteroatoms. The van der Waals surface area contributed by atoms with Gasteiger partial charge in [-0.2, -0.15) is 0 Å². The summed E-state index contributed by atoms with van der Waals surface area (Å²) < 4.78 is 5.67. The predicted molar refractivity (Wildman–Crippen MR) is 80.8 cm³/mol. The van der Waals surface area contributed by atoms with Crippen molar-refractivity contribution in [2.75, 3.05) is 26.2 Å². The van der Waals surface area contributed by atoms with Crippen LogP contribution in [0.3, 0.4) is 0 Å². The maximum absolute atomic E-state index is 10.8. The van der Waals surface area contributed by atoms with Crippen LogP contribution in [0.15, 0.2) is 24.3 Å². The van der Waals surface area contributed by atoms with E-state index in [0.29, 0.717) is 12.2 Å². The number of hydrogen-bond donors (Lipinski definition) is 1. The first-order valence-corrected chi connectivity index (χ1v) is 7.91. The Morgan fingerprint density at radius 2 is 1.86 bits per heavy atom. The number of likely N-dealkylation sites (tertiary alicyclic amines) is 1. The van der Waals surface area contributed by atoms with E-state index in [4.69, 9.17) is 9.84 Å². The number of rotatable bonds is 6. The Bertz CT molecular complexity index is 473. The van der Waals surface area contributed by atoms with Crippen molar-refractivity contribution in [3.63, 3.8) is 0 Å². The fraction of sp³-hybridized carbons (Fsp3) is 0.588. The fourth-order valence-corrected chi connectivity index (χ4v) is 3.69. The first-order chi connectivity index (χ1) is 10.2. The van der Waals surface area contributed by atoms with Gasteiger partial charge in [0, 0.05) is 19.6 Å². The quantitative estimate of drug-likeness (QED) is 0.818. The number of fused-ring (bicyclic) bond motifs is 1. The van der Waals surface area contributed by atoms with Crippen LogP contribution in [0.2, 0.25) is 0 Å². The van der Waals surface area contributed by atoms with Crippen molar-refractivity contribution in [1.29, 1.82) is 0 Å². The van der Waals surface area contributed by atoms with E-state index < -0.39 is 5.97 Å². The molecule has 1 saturated heterocycles. The van der Waals surface area contributed by atoms with Crippen LogP contribution in [0.5, 0.6) is 5.75 Å². The molecule has 3 rings (SSSR count). The van der Waals surface area contributed by atoms with E-state index in [9.17, 15) is 4.79 Å². The van der Waals surface area contributed by atoms with Crippen molar-refractivity contribution in [3.05, 3.63) is 29.8 Å². The van der Waals surface area contributed by atoms with Crippen LogP contribution < -0.4 is 4.74 Å². The molecule has 1 aromatic rings. The highest BCUT2D eigenvalue weighted by molar-refractivity contribution is 5.87. The van der Waals surface area contributed by atoms with Crippen molar-refractivity contribution >= 4 is 5.97 Å². The summed E-state index contributed by atoms with van der Waals surface area (Å²) in [5.41, 5.74) is 0.297. The molecule has 0 radical (unpaired) electrons. The summed E-state index contributed by atoms with van der Waals surface area (Å²) >= 11 is 0. The lowest BCUT2D eigenvalue weighted by atomic mass is 10.0. The van der Waals surface area contributed by atoms with E-state index in [1.54, 1.807) is 24.3 Å². The molecule has 2 fully saturated rings. The summed E-state index contributed by atoms with van der Waals surface area (Å²) in [6.45, 7) is 4.36. The highest BCUT2D eigenvalue weighted by Gasteiger charge is 2.35. The van der Waals surface area contributed by atoms with E-state index in [0.717, 1.165) is 30.6 Å². The van der Waals surface area contributed by atoms with Crippen LogP contribution >= 0.6 is 0 Å². The number of carboxylic acids is 1. The zero-order valence-corrected chi connectivity index (χ0v) is 12.3. The average molecular weight is 289 g/mol. The number of nitrogens with zero attached hydrogens (tertiary/aromatic N) is 1. The summed E-state index contributed by atoms with van der Waals surface area (Å²) in [5, 5.41) is 8.83. The van der Waals surface area contributed by atoms with Crippen LogP contribution in [-0.4, -0.2) is 42.2 Å². The Balaban J connectivity index is 1.36. The Kier molecular flexibility index (Phi) is 4.44. The Morgan fingerprint density at radius 1 is 1.19 bits per heavy atom. The second-order valence-electron chi connectivity index (χ2n) is 6.24. The normalized spacial score (nSPS) is 25.0. The van der Waals surface area contributed by atoms with Crippen LogP contribution in [-0.2, 0) is 0 Å². The minimum Gasteiger partial charge on any atom is -0.494 e. The molecule has 1 aromatic carbocycles. The molecular formula is C17H23NO3. The summed E-state index contributed by atoms with van der Waals surface area (Å²) in [7, 11) is 0. The van der Waals surface area contributed by atoms with Gasteiger partial charge in [0.1, 0.15) is 5.75 Å². The SMILES string of the molecule is O=C(O)c1ccc(OCCCN2C[C@H]3CCC[C@H]3C2)cc1. The third-order valence-electron chi connectivity index (χ3n) is 4.79. The maximum Gasteiger partial charge on any atom is 0.335 e. The Labute approximate surface area is 125 Å². The molecule has 21 heavy (non-hydrogen) atoms. The van der Waals surface area contributed by atoms with Crippen LogP contribution in [0.25, 0.3) is 0 Å². The molecular weight excluding hydrogens is 266 g/mol. The van der Waals surface area contributed by atoms with Crippen LogP contribution in [0, 0.1) is 11.8 Å². The van der Waals surface area contributed by atoms with Crippen molar-refractivity contribution in [1.82, 2.24) is 4.90 Å². The molecule has 1 N–H and O–H groups in total. The van der Waals surface area contributed by atoms with Gasteiger partial charge in [-0.1, -0.05) is 6.42 Å². The number of benzene rings is 1. The molecule has 0 bridgehead atoms. The minimum atomic E-state index is -0.902. The molecule has 1 saturated carbocycles. The summed E-state index contributed by atoms with van der Waals surface area (Å²) in [4.78, 5) is 13.3. The summed E-state index contributed by atoms with van der Waals surface area (Å²) in [6.07, 6.45) is 5.31. The minimum absolute atomic E-state index is 0.297. The van der Waals surface area contributed by atoms with E-state index in [1.807, 2.05) is 0 Å². The van der Waals surface area contributed by atoms with Crippen molar-refractivity contribution in [2.24, 2.45) is 11.8 Å². The van der Waals surface area contributed by atoms with E-state index >= 15 is 0 Å². The molecule has 1 aliphatic carbocycles. The van der Waals surface area contributed by atoms with Gasteiger partial charge in [-0.05, 0) is 55.4 Å². The predicted octanol–water partition coefficient (Wildman–Crippen LogP) is 2.89. The van der Waals surface area contributed by atoms with Crippen molar-refractivity contribution in [3.8, 4) is 5.75 Å². The van der Waals surface area contributed by atoms with Gasteiger partial charge in [0.2, 0.25) is 0 Å². The molecule has 2 aliphatic rings. The maximum atomic E-state index is 10.8. The number of aromatic carboxylic acids is 1. The monoisotopic (exact) mass is 289 g/mol. The summed E-state index contributed by atoms with van der Waals surface area (Å²) in [6, 6.07) is 6.62. The van der Waals surface area contributed by atoms with Gasteiger partial charge < -0.3 is 14.7 Å². The zero-order valence-electron chi connectivity index (χ0n) is 12.3. The topological polar surface area (TPSA) is 49.8 Å². The standard InChI is InChI=1S/C17H23NO3/c19-17(20)13-5-7-16(8-6-13)21-10-2-9-18-11-14-3-1-4-15(14)12-18/h5-8,14-15H,1-4,9-12H2,(H,19,20)/t14-,15+. The van der Waals surface area contributed by atoms with Gasteiger partial charge in [0.25, 0.3) is 0 Å². The number of carbonyl (C=O) groups is 1. The van der Waals surface area contributed by atoms with Crippen molar-refractivity contribution < 1.29 is 14.6 Å². The molecule has 114 valence electrons. The largest absolute Gasteiger partial charge is 0.494 e. The smallest absolute Gasteiger partial charge is 0.335 e. The Hall–Kier alpha value is -1.55. The van der Waals surface area contributed by atoms with E-state index in [1.165, 1.54) is 32.4 Å². The molecule has 1 heterocycles. The van der Waals surface area contributed by atoms with Gasteiger partial charge >= 0.3 is 5.97 Å². The number of ether oxygens (including phenoxy) is 1. The summed E-state index contributed by atoms with van der Waals surface area (Å²) in [5.74, 6) is 1.75. The lowest BCUT2D eigenvalue weighted by Gasteiger charge is -2.16.